The van der Waals surface area contributed by atoms with Gasteiger partial charge in [-0.15, -0.1) is 0 Å². The molecule has 16 heavy (non-hydrogen) atoms. The lowest BCUT2D eigenvalue weighted by molar-refractivity contribution is -0.158. The van der Waals surface area contributed by atoms with Gasteiger partial charge in [0.2, 0.25) is 0 Å². The van der Waals surface area contributed by atoms with Gasteiger partial charge in [0.15, 0.2) is 0 Å². The first-order valence-corrected chi connectivity index (χ1v) is 5.86. The SMILES string of the molecule is COC(=O)[C@H]1CCCCCC[C@H]1C(=O)OC. The summed E-state index contributed by atoms with van der Waals surface area (Å²) in [6.07, 6.45) is 5.67. The highest BCUT2D eigenvalue weighted by Crippen LogP contribution is 2.29. The Morgan fingerprint density at radius 2 is 1.19 bits per heavy atom. The predicted octanol–water partition coefficient (Wildman–Crippen LogP) is 1.92. The third-order valence-electron chi connectivity index (χ3n) is 3.27. The molecule has 0 bridgehead atoms. The Hall–Kier alpha value is -1.06. The van der Waals surface area contributed by atoms with E-state index in [1.807, 2.05) is 0 Å². The monoisotopic (exact) mass is 228 g/mol. The van der Waals surface area contributed by atoms with Crippen molar-refractivity contribution >= 4 is 11.9 Å². The van der Waals surface area contributed by atoms with E-state index in [-0.39, 0.29) is 23.8 Å². The molecule has 1 fully saturated rings. The van der Waals surface area contributed by atoms with Crippen LogP contribution in [0.25, 0.3) is 0 Å². The minimum Gasteiger partial charge on any atom is -0.469 e. The molecule has 0 spiro atoms. The quantitative estimate of drug-likeness (QED) is 0.677. The van der Waals surface area contributed by atoms with Crippen LogP contribution in [-0.2, 0) is 19.1 Å². The molecule has 1 rings (SSSR count). The van der Waals surface area contributed by atoms with Crippen LogP contribution in [0.15, 0.2) is 0 Å². The molecule has 0 aromatic rings. The molecule has 1 saturated carbocycles. The number of ether oxygens (including phenoxy) is 2. The zero-order valence-corrected chi connectivity index (χ0v) is 10.0. The van der Waals surface area contributed by atoms with Crippen LogP contribution in [0.2, 0.25) is 0 Å². The molecule has 1 aliphatic carbocycles. The van der Waals surface area contributed by atoms with Crippen LogP contribution in [0, 0.1) is 11.8 Å². The van der Waals surface area contributed by atoms with E-state index < -0.39 is 0 Å². The summed E-state index contributed by atoms with van der Waals surface area (Å²) in [6.45, 7) is 0. The maximum Gasteiger partial charge on any atom is 0.309 e. The fraction of sp³-hybridized carbons (Fsp3) is 0.833. The second kappa shape index (κ2) is 6.51. The average molecular weight is 228 g/mol. The van der Waals surface area contributed by atoms with E-state index in [4.69, 9.17) is 9.47 Å². The summed E-state index contributed by atoms with van der Waals surface area (Å²) >= 11 is 0. The van der Waals surface area contributed by atoms with Gasteiger partial charge in [-0.25, -0.2) is 0 Å². The van der Waals surface area contributed by atoms with Gasteiger partial charge in [0.05, 0.1) is 26.1 Å². The summed E-state index contributed by atoms with van der Waals surface area (Å²) in [4.78, 5) is 23.3. The molecule has 4 heteroatoms. The van der Waals surface area contributed by atoms with Gasteiger partial charge in [-0.2, -0.15) is 0 Å². The van der Waals surface area contributed by atoms with E-state index in [0.29, 0.717) is 0 Å². The number of carbonyl (C=O) groups is 2. The molecule has 0 aliphatic heterocycles. The molecular formula is C12H20O4. The molecule has 4 nitrogen and oxygen atoms in total. The molecule has 0 aromatic heterocycles. The third kappa shape index (κ3) is 3.22. The number of esters is 2. The summed E-state index contributed by atoms with van der Waals surface area (Å²) in [5.41, 5.74) is 0. The molecule has 0 radical (unpaired) electrons. The van der Waals surface area contributed by atoms with Crippen LogP contribution < -0.4 is 0 Å². The molecule has 0 aromatic carbocycles. The van der Waals surface area contributed by atoms with Crippen molar-refractivity contribution in [3.05, 3.63) is 0 Å². The Morgan fingerprint density at radius 1 is 0.812 bits per heavy atom. The molecule has 0 heterocycles. The number of carbonyl (C=O) groups excluding carboxylic acids is 2. The average Bonchev–Trinajstić information content (AvgIpc) is 2.27. The maximum absolute atomic E-state index is 11.6. The summed E-state index contributed by atoms with van der Waals surface area (Å²) in [5.74, 6) is -1.20. The Balaban J connectivity index is 2.76. The standard InChI is InChI=1S/C12H20O4/c1-15-11(13)9-7-5-3-4-6-8-10(9)12(14)16-2/h9-10H,3-8H2,1-2H3/t9-,10+. The van der Waals surface area contributed by atoms with Gasteiger partial charge in [-0.05, 0) is 12.8 Å². The summed E-state index contributed by atoms with van der Waals surface area (Å²) in [7, 11) is 2.74. The zero-order valence-electron chi connectivity index (χ0n) is 10.0. The van der Waals surface area contributed by atoms with Gasteiger partial charge in [-0.1, -0.05) is 25.7 Å². The summed E-state index contributed by atoms with van der Waals surface area (Å²) in [5, 5.41) is 0. The first-order valence-electron chi connectivity index (χ1n) is 5.86. The molecule has 0 N–H and O–H groups in total. The predicted molar refractivity (Wildman–Crippen MR) is 58.7 cm³/mol. The Kier molecular flexibility index (Phi) is 5.29. The maximum atomic E-state index is 11.6. The number of methoxy groups -OCH3 is 2. The number of hydrogen-bond donors (Lipinski definition) is 0. The van der Waals surface area contributed by atoms with Gasteiger partial charge < -0.3 is 9.47 Å². The number of rotatable bonds is 2. The van der Waals surface area contributed by atoms with Crippen LogP contribution in [0.3, 0.4) is 0 Å². The fourth-order valence-electron chi connectivity index (χ4n) is 2.35. The fourth-order valence-corrected chi connectivity index (χ4v) is 2.35. The lowest BCUT2D eigenvalue weighted by Crippen LogP contribution is -2.32. The van der Waals surface area contributed by atoms with Crippen molar-refractivity contribution in [3.63, 3.8) is 0 Å². The van der Waals surface area contributed by atoms with Gasteiger partial charge in [0.1, 0.15) is 0 Å². The molecule has 1 aliphatic rings. The third-order valence-corrected chi connectivity index (χ3v) is 3.27. The normalized spacial score (nSPS) is 26.4. The van der Waals surface area contributed by atoms with Crippen molar-refractivity contribution in [2.75, 3.05) is 14.2 Å². The van der Waals surface area contributed by atoms with Crippen molar-refractivity contribution < 1.29 is 19.1 Å². The summed E-state index contributed by atoms with van der Waals surface area (Å²) < 4.78 is 9.53. The highest BCUT2D eigenvalue weighted by molar-refractivity contribution is 5.82. The van der Waals surface area contributed by atoms with Crippen molar-refractivity contribution in [2.24, 2.45) is 11.8 Å². The van der Waals surface area contributed by atoms with Crippen LogP contribution in [0.1, 0.15) is 38.5 Å². The molecule has 0 amide bonds. The van der Waals surface area contributed by atoms with Crippen LogP contribution in [-0.4, -0.2) is 26.2 Å². The van der Waals surface area contributed by atoms with E-state index in [2.05, 4.69) is 0 Å². The van der Waals surface area contributed by atoms with Crippen molar-refractivity contribution in [1.29, 1.82) is 0 Å². The topological polar surface area (TPSA) is 52.6 Å². The van der Waals surface area contributed by atoms with E-state index in [1.54, 1.807) is 0 Å². The van der Waals surface area contributed by atoms with Crippen molar-refractivity contribution in [2.45, 2.75) is 38.5 Å². The lowest BCUT2D eigenvalue weighted by Gasteiger charge is -2.25. The van der Waals surface area contributed by atoms with Crippen LogP contribution in [0.5, 0.6) is 0 Å². The van der Waals surface area contributed by atoms with Crippen LogP contribution in [0.4, 0.5) is 0 Å². The van der Waals surface area contributed by atoms with E-state index in [9.17, 15) is 9.59 Å². The lowest BCUT2D eigenvalue weighted by atomic mass is 9.81. The Labute approximate surface area is 96.3 Å². The molecule has 92 valence electrons. The minimum absolute atomic E-state index is 0.280. The minimum atomic E-state index is -0.322. The molecule has 0 unspecified atom stereocenters. The second-order valence-corrected chi connectivity index (χ2v) is 4.25. The molecule has 2 atom stereocenters. The first kappa shape index (κ1) is 13.0. The van der Waals surface area contributed by atoms with Gasteiger partial charge >= 0.3 is 11.9 Å². The van der Waals surface area contributed by atoms with Crippen molar-refractivity contribution in [3.8, 4) is 0 Å². The molecular weight excluding hydrogens is 208 g/mol. The van der Waals surface area contributed by atoms with Crippen molar-refractivity contribution in [1.82, 2.24) is 0 Å². The van der Waals surface area contributed by atoms with Gasteiger partial charge in [0.25, 0.3) is 0 Å². The largest absolute Gasteiger partial charge is 0.469 e. The van der Waals surface area contributed by atoms with Crippen LogP contribution >= 0.6 is 0 Å². The molecule has 0 saturated heterocycles. The zero-order chi connectivity index (χ0) is 12.0. The Morgan fingerprint density at radius 3 is 1.50 bits per heavy atom. The van der Waals surface area contributed by atoms with E-state index in [0.717, 1.165) is 38.5 Å². The smallest absolute Gasteiger partial charge is 0.309 e. The van der Waals surface area contributed by atoms with Gasteiger partial charge in [0, 0.05) is 0 Å². The van der Waals surface area contributed by atoms with E-state index in [1.165, 1.54) is 14.2 Å². The van der Waals surface area contributed by atoms with Gasteiger partial charge in [-0.3, -0.25) is 9.59 Å². The Bertz CT molecular complexity index is 223. The van der Waals surface area contributed by atoms with E-state index >= 15 is 0 Å². The second-order valence-electron chi connectivity index (χ2n) is 4.25. The first-order chi connectivity index (χ1) is 7.70. The highest BCUT2D eigenvalue weighted by Gasteiger charge is 2.35. The summed E-state index contributed by atoms with van der Waals surface area (Å²) in [6, 6.07) is 0. The number of hydrogen-bond acceptors (Lipinski definition) is 4. The highest BCUT2D eigenvalue weighted by atomic mass is 16.5.